The Bertz CT molecular complexity index is 789. The van der Waals surface area contributed by atoms with E-state index in [-0.39, 0.29) is 0 Å². The van der Waals surface area contributed by atoms with Gasteiger partial charge in [0.15, 0.2) is 6.29 Å². The minimum Gasteiger partial charge on any atom is -0.340 e. The Hall–Kier alpha value is -2.06. The molecule has 1 heterocycles. The Morgan fingerprint density at radius 2 is 1.95 bits per heavy atom. The number of para-hydroxylation sites is 1. The van der Waals surface area contributed by atoms with Gasteiger partial charge in [0.1, 0.15) is 0 Å². The fraction of sp³-hybridized carbons (Fsp3) is 0.118. The van der Waals surface area contributed by atoms with Crippen molar-refractivity contribution in [2.75, 3.05) is 0 Å². The van der Waals surface area contributed by atoms with E-state index in [0.717, 1.165) is 39.0 Å². The fourth-order valence-electron chi connectivity index (χ4n) is 2.63. The molecule has 1 aromatic heterocycles. The van der Waals surface area contributed by atoms with Crippen molar-refractivity contribution in [2.24, 2.45) is 0 Å². The molecule has 3 heteroatoms. The van der Waals surface area contributed by atoms with Gasteiger partial charge >= 0.3 is 0 Å². The lowest BCUT2D eigenvalue weighted by molar-refractivity contribution is 0.112. The molecular formula is C17H14ClNO. The van der Waals surface area contributed by atoms with Crippen LogP contribution in [0.25, 0.3) is 10.9 Å². The van der Waals surface area contributed by atoms with Crippen LogP contribution in [0.15, 0.2) is 48.5 Å². The summed E-state index contributed by atoms with van der Waals surface area (Å²) in [6.45, 7) is 2.69. The molecule has 100 valence electrons. The maximum atomic E-state index is 11.3. The van der Waals surface area contributed by atoms with E-state index in [2.05, 4.69) is 4.57 Å². The molecule has 20 heavy (non-hydrogen) atoms. The molecule has 0 saturated carbocycles. The first-order chi connectivity index (χ1) is 9.70. The van der Waals surface area contributed by atoms with E-state index in [0.29, 0.717) is 6.54 Å². The van der Waals surface area contributed by atoms with Crippen molar-refractivity contribution in [3.63, 3.8) is 0 Å². The van der Waals surface area contributed by atoms with Crippen LogP contribution < -0.4 is 0 Å². The number of halogens is 1. The summed E-state index contributed by atoms with van der Waals surface area (Å²) in [5.41, 5.74) is 3.95. The second kappa shape index (κ2) is 5.14. The maximum Gasteiger partial charge on any atom is 0.152 e. The summed E-state index contributed by atoms with van der Waals surface area (Å²) in [5, 5.41) is 1.73. The third-order valence-electron chi connectivity index (χ3n) is 3.63. The Morgan fingerprint density at radius 1 is 1.15 bits per heavy atom. The van der Waals surface area contributed by atoms with Gasteiger partial charge in [-0.25, -0.2) is 0 Å². The fourth-order valence-corrected chi connectivity index (χ4v) is 2.84. The number of fused-ring (bicyclic) bond motifs is 1. The molecular weight excluding hydrogens is 270 g/mol. The summed E-state index contributed by atoms with van der Waals surface area (Å²) in [7, 11) is 0. The second-order valence-electron chi connectivity index (χ2n) is 4.85. The van der Waals surface area contributed by atoms with E-state index in [1.165, 1.54) is 0 Å². The summed E-state index contributed by atoms with van der Waals surface area (Å²) < 4.78 is 2.16. The van der Waals surface area contributed by atoms with Gasteiger partial charge < -0.3 is 4.57 Å². The molecule has 0 atom stereocenters. The molecule has 0 bridgehead atoms. The van der Waals surface area contributed by atoms with E-state index in [1.807, 2.05) is 55.5 Å². The number of carbonyl (C=O) groups excluding carboxylic acids is 1. The highest BCUT2D eigenvalue weighted by Gasteiger charge is 2.13. The average Bonchev–Trinajstić information content (AvgIpc) is 2.72. The first-order valence-electron chi connectivity index (χ1n) is 6.48. The van der Waals surface area contributed by atoms with Gasteiger partial charge in [-0.05, 0) is 30.7 Å². The molecule has 0 spiro atoms. The molecule has 3 rings (SSSR count). The zero-order valence-electron chi connectivity index (χ0n) is 11.1. The van der Waals surface area contributed by atoms with Crippen molar-refractivity contribution in [2.45, 2.75) is 13.5 Å². The monoisotopic (exact) mass is 283 g/mol. The molecule has 3 aromatic rings. The van der Waals surface area contributed by atoms with Gasteiger partial charge in [-0.1, -0.05) is 41.9 Å². The molecule has 0 saturated heterocycles. The number of hydrogen-bond donors (Lipinski definition) is 0. The van der Waals surface area contributed by atoms with E-state index in [9.17, 15) is 4.79 Å². The van der Waals surface area contributed by atoms with Crippen molar-refractivity contribution in [1.29, 1.82) is 0 Å². The molecule has 0 fully saturated rings. The first kappa shape index (κ1) is 12.9. The van der Waals surface area contributed by atoms with Crippen LogP contribution in [0.3, 0.4) is 0 Å². The standard InChI is InChI=1S/C17H14ClNO/c1-12-16(11-20)15-7-2-3-8-17(15)19(12)10-13-5-4-6-14(18)9-13/h2-9,11H,10H2,1H3. The molecule has 0 aliphatic rings. The minimum atomic E-state index is 0.709. The molecule has 2 nitrogen and oxygen atoms in total. The van der Waals surface area contributed by atoms with Gasteiger partial charge in [-0.3, -0.25) is 4.79 Å². The molecule has 0 aliphatic heterocycles. The van der Waals surface area contributed by atoms with Gasteiger partial charge in [0, 0.05) is 33.7 Å². The summed E-state index contributed by atoms with van der Waals surface area (Å²) in [4.78, 5) is 11.3. The van der Waals surface area contributed by atoms with Crippen molar-refractivity contribution in [1.82, 2.24) is 4.57 Å². The molecule has 2 aromatic carbocycles. The minimum absolute atomic E-state index is 0.709. The quantitative estimate of drug-likeness (QED) is 0.650. The van der Waals surface area contributed by atoms with Crippen LogP contribution in [0.4, 0.5) is 0 Å². The largest absolute Gasteiger partial charge is 0.340 e. The number of aldehydes is 1. The molecule has 0 radical (unpaired) electrons. The second-order valence-corrected chi connectivity index (χ2v) is 5.29. The summed E-state index contributed by atoms with van der Waals surface area (Å²) in [6.07, 6.45) is 0.937. The lowest BCUT2D eigenvalue weighted by Crippen LogP contribution is -2.02. The Kier molecular flexibility index (Phi) is 3.33. The number of benzene rings is 2. The lowest BCUT2D eigenvalue weighted by atomic mass is 10.1. The highest BCUT2D eigenvalue weighted by atomic mass is 35.5. The Labute approximate surface area is 122 Å². The van der Waals surface area contributed by atoms with Crippen LogP contribution in [0.2, 0.25) is 5.02 Å². The zero-order chi connectivity index (χ0) is 14.1. The number of aromatic nitrogens is 1. The van der Waals surface area contributed by atoms with Crippen LogP contribution in [0, 0.1) is 6.92 Å². The third kappa shape index (κ3) is 2.12. The van der Waals surface area contributed by atoms with Crippen LogP contribution in [0.1, 0.15) is 21.6 Å². The SMILES string of the molecule is Cc1c(C=O)c2ccccc2n1Cc1cccc(Cl)c1. The normalized spacial score (nSPS) is 10.9. The highest BCUT2D eigenvalue weighted by molar-refractivity contribution is 6.30. The number of nitrogens with zero attached hydrogens (tertiary/aromatic N) is 1. The average molecular weight is 284 g/mol. The van der Waals surface area contributed by atoms with Crippen LogP contribution in [0.5, 0.6) is 0 Å². The number of hydrogen-bond acceptors (Lipinski definition) is 1. The van der Waals surface area contributed by atoms with E-state index in [1.54, 1.807) is 0 Å². The van der Waals surface area contributed by atoms with Crippen molar-refractivity contribution < 1.29 is 4.79 Å². The van der Waals surface area contributed by atoms with E-state index >= 15 is 0 Å². The smallest absolute Gasteiger partial charge is 0.152 e. The van der Waals surface area contributed by atoms with Crippen molar-refractivity contribution >= 4 is 28.8 Å². The number of carbonyl (C=O) groups is 1. The maximum absolute atomic E-state index is 11.3. The predicted octanol–water partition coefficient (Wildman–Crippen LogP) is 4.46. The van der Waals surface area contributed by atoms with Crippen molar-refractivity contribution in [3.8, 4) is 0 Å². The molecule has 0 N–H and O–H groups in total. The summed E-state index contributed by atoms with van der Waals surface area (Å²) in [6, 6.07) is 15.8. The summed E-state index contributed by atoms with van der Waals surface area (Å²) >= 11 is 6.04. The van der Waals surface area contributed by atoms with Gasteiger partial charge in [-0.15, -0.1) is 0 Å². The highest BCUT2D eigenvalue weighted by Crippen LogP contribution is 2.25. The molecule has 0 aliphatic carbocycles. The molecule has 0 unspecified atom stereocenters. The topological polar surface area (TPSA) is 22.0 Å². The van der Waals surface area contributed by atoms with Crippen LogP contribution >= 0.6 is 11.6 Å². The Balaban J connectivity index is 2.16. The Morgan fingerprint density at radius 3 is 2.70 bits per heavy atom. The van der Waals surface area contributed by atoms with Gasteiger partial charge in [-0.2, -0.15) is 0 Å². The lowest BCUT2D eigenvalue weighted by Gasteiger charge is -2.09. The van der Waals surface area contributed by atoms with E-state index in [4.69, 9.17) is 11.6 Å². The summed E-state index contributed by atoms with van der Waals surface area (Å²) in [5.74, 6) is 0. The molecule has 0 amide bonds. The first-order valence-corrected chi connectivity index (χ1v) is 6.86. The van der Waals surface area contributed by atoms with Crippen LogP contribution in [-0.4, -0.2) is 10.9 Å². The van der Waals surface area contributed by atoms with Gasteiger partial charge in [0.05, 0.1) is 0 Å². The van der Waals surface area contributed by atoms with Crippen LogP contribution in [-0.2, 0) is 6.54 Å². The van der Waals surface area contributed by atoms with E-state index < -0.39 is 0 Å². The van der Waals surface area contributed by atoms with Gasteiger partial charge in [0.2, 0.25) is 0 Å². The van der Waals surface area contributed by atoms with Crippen molar-refractivity contribution in [3.05, 3.63) is 70.4 Å². The van der Waals surface area contributed by atoms with Gasteiger partial charge in [0.25, 0.3) is 0 Å². The third-order valence-corrected chi connectivity index (χ3v) is 3.86. The zero-order valence-corrected chi connectivity index (χ0v) is 11.9. The number of rotatable bonds is 3. The predicted molar refractivity (Wildman–Crippen MR) is 82.6 cm³/mol.